The zero-order valence-corrected chi connectivity index (χ0v) is 10.4. The molecule has 0 aliphatic heterocycles. The molecule has 3 heteroatoms. The highest BCUT2D eigenvalue weighted by molar-refractivity contribution is 14.1. The summed E-state index contributed by atoms with van der Waals surface area (Å²) in [7, 11) is 0. The van der Waals surface area contributed by atoms with Crippen molar-refractivity contribution in [2.45, 2.75) is 19.2 Å². The Hall–Kier alpha value is -0.0900. The van der Waals surface area contributed by atoms with Gasteiger partial charge in [-0.05, 0) is 53.6 Å². The molecule has 0 saturated carbocycles. The van der Waals surface area contributed by atoms with Crippen LogP contribution in [0.3, 0.4) is 0 Å². The molecule has 0 aliphatic rings. The monoisotopic (exact) mass is 308 g/mol. The maximum Gasteiger partial charge on any atom is 0.152 e. The smallest absolute Gasteiger partial charge is 0.152 e. The van der Waals surface area contributed by atoms with Crippen LogP contribution in [0, 0.1) is 10.5 Å². The number of aryl methyl sites for hydroxylation is 1. The lowest BCUT2D eigenvalue weighted by molar-refractivity contribution is -0.116. The molecule has 0 aromatic heterocycles. The van der Waals surface area contributed by atoms with Gasteiger partial charge in [0.1, 0.15) is 5.38 Å². The Kier molecular flexibility index (Phi) is 3.74. The van der Waals surface area contributed by atoms with Crippen LogP contribution in [0.25, 0.3) is 0 Å². The molecule has 0 bridgehead atoms. The van der Waals surface area contributed by atoms with E-state index in [9.17, 15) is 4.79 Å². The number of benzene rings is 1. The molecule has 0 heterocycles. The summed E-state index contributed by atoms with van der Waals surface area (Å²) in [6, 6.07) is 5.83. The van der Waals surface area contributed by atoms with Gasteiger partial charge in [-0.3, -0.25) is 4.79 Å². The fourth-order valence-corrected chi connectivity index (χ4v) is 1.53. The summed E-state index contributed by atoms with van der Waals surface area (Å²) in [6.45, 7) is 3.51. The lowest BCUT2D eigenvalue weighted by Gasteiger charge is -2.07. The van der Waals surface area contributed by atoms with E-state index < -0.39 is 5.38 Å². The molecule has 0 spiro atoms. The SMILES string of the molecule is CC(=O)C(Cl)c1ccc(I)c(C)c1. The number of rotatable bonds is 2. The average Bonchev–Trinajstić information content (AvgIpc) is 2.08. The zero-order chi connectivity index (χ0) is 10.0. The van der Waals surface area contributed by atoms with Gasteiger partial charge in [0.2, 0.25) is 0 Å². The van der Waals surface area contributed by atoms with Crippen molar-refractivity contribution in [3.8, 4) is 0 Å². The first-order valence-corrected chi connectivity index (χ1v) is 5.44. The molecule has 0 aliphatic carbocycles. The van der Waals surface area contributed by atoms with Crippen LogP contribution in [-0.4, -0.2) is 5.78 Å². The summed E-state index contributed by atoms with van der Waals surface area (Å²) >= 11 is 8.17. The second-order valence-electron chi connectivity index (χ2n) is 2.98. The molecule has 70 valence electrons. The molecule has 13 heavy (non-hydrogen) atoms. The van der Waals surface area contributed by atoms with Crippen molar-refractivity contribution in [1.82, 2.24) is 0 Å². The molecule has 1 aromatic carbocycles. The molecule has 1 unspecified atom stereocenters. The van der Waals surface area contributed by atoms with Crippen LogP contribution in [0.5, 0.6) is 0 Å². The van der Waals surface area contributed by atoms with E-state index in [4.69, 9.17) is 11.6 Å². The Balaban J connectivity index is 3.03. The summed E-state index contributed by atoms with van der Waals surface area (Å²) in [4.78, 5) is 11.0. The molecule has 0 N–H and O–H groups in total. The molecule has 1 nitrogen and oxygen atoms in total. The van der Waals surface area contributed by atoms with Gasteiger partial charge in [0.15, 0.2) is 5.78 Å². The zero-order valence-electron chi connectivity index (χ0n) is 7.47. The van der Waals surface area contributed by atoms with Crippen LogP contribution in [0.1, 0.15) is 23.4 Å². The van der Waals surface area contributed by atoms with Crippen molar-refractivity contribution >= 4 is 40.0 Å². The number of carbonyl (C=O) groups excluding carboxylic acids is 1. The van der Waals surface area contributed by atoms with Gasteiger partial charge in [-0.2, -0.15) is 0 Å². The third kappa shape index (κ3) is 2.68. The average molecular weight is 309 g/mol. The highest BCUT2D eigenvalue weighted by Gasteiger charge is 2.13. The first-order chi connectivity index (χ1) is 6.02. The molecule has 0 saturated heterocycles. The van der Waals surface area contributed by atoms with E-state index in [1.807, 2.05) is 25.1 Å². The highest BCUT2D eigenvalue weighted by Crippen LogP contribution is 2.24. The number of hydrogen-bond acceptors (Lipinski definition) is 1. The number of alkyl halides is 1. The summed E-state index contributed by atoms with van der Waals surface area (Å²) in [5, 5.41) is -0.504. The molecule has 1 atom stereocenters. The van der Waals surface area contributed by atoms with Gasteiger partial charge in [0, 0.05) is 3.57 Å². The standard InChI is InChI=1S/C10H10ClIO/c1-6-5-8(3-4-9(6)12)10(11)7(2)13/h3-5,10H,1-2H3. The Bertz CT molecular complexity index is 336. The Morgan fingerprint density at radius 1 is 1.54 bits per heavy atom. The maximum atomic E-state index is 11.0. The van der Waals surface area contributed by atoms with E-state index in [0.717, 1.165) is 11.1 Å². The van der Waals surface area contributed by atoms with E-state index in [0.29, 0.717) is 0 Å². The summed E-state index contributed by atoms with van der Waals surface area (Å²) in [5.41, 5.74) is 2.04. The van der Waals surface area contributed by atoms with Gasteiger partial charge in [0.25, 0.3) is 0 Å². The van der Waals surface area contributed by atoms with Crippen molar-refractivity contribution in [2.75, 3.05) is 0 Å². The van der Waals surface area contributed by atoms with Gasteiger partial charge in [0.05, 0.1) is 0 Å². The number of Topliss-reactive ketones (excluding diaryl/α,β-unsaturated/α-hetero) is 1. The van der Waals surface area contributed by atoms with E-state index in [-0.39, 0.29) is 5.78 Å². The number of carbonyl (C=O) groups is 1. The van der Waals surface area contributed by atoms with Crippen LogP contribution in [0.15, 0.2) is 18.2 Å². The van der Waals surface area contributed by atoms with Gasteiger partial charge >= 0.3 is 0 Å². The normalized spacial score (nSPS) is 12.6. The number of ketones is 1. The van der Waals surface area contributed by atoms with Gasteiger partial charge in [-0.25, -0.2) is 0 Å². The van der Waals surface area contributed by atoms with Crippen molar-refractivity contribution in [1.29, 1.82) is 0 Å². The largest absolute Gasteiger partial charge is 0.298 e. The second-order valence-corrected chi connectivity index (χ2v) is 4.58. The van der Waals surface area contributed by atoms with Crippen molar-refractivity contribution in [2.24, 2.45) is 0 Å². The van der Waals surface area contributed by atoms with Crippen molar-refractivity contribution in [3.63, 3.8) is 0 Å². The first-order valence-electron chi connectivity index (χ1n) is 3.93. The Morgan fingerprint density at radius 2 is 2.15 bits per heavy atom. The molecular formula is C10H10ClIO. The van der Waals surface area contributed by atoms with Crippen LogP contribution < -0.4 is 0 Å². The number of hydrogen-bond donors (Lipinski definition) is 0. The second kappa shape index (κ2) is 4.42. The molecular weight excluding hydrogens is 298 g/mol. The molecule has 0 radical (unpaired) electrons. The summed E-state index contributed by atoms with van der Waals surface area (Å²) < 4.78 is 1.19. The predicted octanol–water partition coefficient (Wildman–Crippen LogP) is 3.47. The third-order valence-electron chi connectivity index (χ3n) is 1.83. The van der Waals surface area contributed by atoms with Crippen LogP contribution in [0.2, 0.25) is 0 Å². The lowest BCUT2D eigenvalue weighted by atomic mass is 10.1. The first kappa shape index (κ1) is 11.0. The highest BCUT2D eigenvalue weighted by atomic mass is 127. The topological polar surface area (TPSA) is 17.1 Å². The maximum absolute atomic E-state index is 11.0. The molecule has 1 aromatic rings. The third-order valence-corrected chi connectivity index (χ3v) is 3.60. The number of halogens is 2. The minimum atomic E-state index is -0.504. The van der Waals surface area contributed by atoms with Crippen LogP contribution in [0.4, 0.5) is 0 Å². The molecule has 0 fully saturated rings. The van der Waals surface area contributed by atoms with Crippen LogP contribution >= 0.6 is 34.2 Å². The summed E-state index contributed by atoms with van der Waals surface area (Å²) in [6.07, 6.45) is 0. The van der Waals surface area contributed by atoms with Crippen molar-refractivity contribution < 1.29 is 4.79 Å². The van der Waals surface area contributed by atoms with Gasteiger partial charge < -0.3 is 0 Å². The predicted molar refractivity (Wildman–Crippen MR) is 63.2 cm³/mol. The molecule has 1 rings (SSSR count). The van der Waals surface area contributed by atoms with Gasteiger partial charge in [-0.15, -0.1) is 11.6 Å². The Morgan fingerprint density at radius 3 is 2.62 bits per heavy atom. The minimum Gasteiger partial charge on any atom is -0.298 e. The van der Waals surface area contributed by atoms with E-state index in [2.05, 4.69) is 22.6 Å². The van der Waals surface area contributed by atoms with E-state index >= 15 is 0 Å². The fraction of sp³-hybridized carbons (Fsp3) is 0.300. The van der Waals surface area contributed by atoms with Crippen LogP contribution in [-0.2, 0) is 4.79 Å². The Labute approximate surface area is 96.6 Å². The quantitative estimate of drug-likeness (QED) is 0.604. The lowest BCUT2D eigenvalue weighted by Crippen LogP contribution is -2.01. The van der Waals surface area contributed by atoms with Gasteiger partial charge in [-0.1, -0.05) is 12.1 Å². The van der Waals surface area contributed by atoms with E-state index in [1.165, 1.54) is 10.5 Å². The summed E-state index contributed by atoms with van der Waals surface area (Å²) in [5.74, 6) is -0.0118. The van der Waals surface area contributed by atoms with Crippen molar-refractivity contribution in [3.05, 3.63) is 32.9 Å². The van der Waals surface area contributed by atoms with E-state index in [1.54, 1.807) is 0 Å². The fourth-order valence-electron chi connectivity index (χ4n) is 1.06. The molecule has 0 amide bonds. The minimum absolute atomic E-state index is 0.0118.